The molecule has 0 spiro atoms. The van der Waals surface area contributed by atoms with Crippen molar-refractivity contribution in [3.63, 3.8) is 0 Å². The smallest absolute Gasteiger partial charge is 0.410 e. The zero-order valence-corrected chi connectivity index (χ0v) is 13.9. The van der Waals surface area contributed by atoms with E-state index in [1.807, 2.05) is 32.9 Å². The largest absolute Gasteiger partial charge is 0.444 e. The number of aromatic nitrogens is 1. The Bertz CT molecular complexity index is 505. The van der Waals surface area contributed by atoms with Crippen LogP contribution in [0.3, 0.4) is 0 Å². The Balaban J connectivity index is 1.96. The van der Waals surface area contributed by atoms with Gasteiger partial charge in [0.05, 0.1) is 5.69 Å². The number of ether oxygens (including phenoxy) is 1. The van der Waals surface area contributed by atoms with Crippen LogP contribution in [0.15, 0.2) is 18.3 Å². The summed E-state index contributed by atoms with van der Waals surface area (Å²) in [6, 6.07) is 3.96. The lowest BCUT2D eigenvalue weighted by molar-refractivity contribution is 0.0240. The summed E-state index contributed by atoms with van der Waals surface area (Å²) in [7, 11) is 0. The third-order valence-corrected chi connectivity index (χ3v) is 3.38. The first-order valence-electron chi connectivity index (χ1n) is 7.82. The average molecular weight is 306 g/mol. The van der Waals surface area contributed by atoms with Gasteiger partial charge in [-0.2, -0.15) is 0 Å². The Morgan fingerprint density at radius 3 is 2.59 bits per heavy atom. The molecule has 122 valence electrons. The summed E-state index contributed by atoms with van der Waals surface area (Å²) in [4.78, 5) is 20.5. The van der Waals surface area contributed by atoms with Gasteiger partial charge in [-0.05, 0) is 39.8 Å². The predicted molar refractivity (Wildman–Crippen MR) is 88.4 cm³/mol. The van der Waals surface area contributed by atoms with Crippen molar-refractivity contribution in [1.29, 1.82) is 0 Å². The molecule has 1 fully saturated rings. The number of rotatable bonds is 3. The Hall–Kier alpha value is -1.98. The maximum Gasteiger partial charge on any atom is 0.410 e. The molecule has 0 atom stereocenters. The highest BCUT2D eigenvalue weighted by atomic mass is 16.6. The first-order chi connectivity index (χ1) is 10.4. The van der Waals surface area contributed by atoms with Crippen molar-refractivity contribution >= 4 is 17.6 Å². The van der Waals surface area contributed by atoms with E-state index in [9.17, 15) is 4.79 Å². The van der Waals surface area contributed by atoms with Gasteiger partial charge in [0.1, 0.15) is 5.60 Å². The number of hydrogen-bond donors (Lipinski definition) is 1. The fourth-order valence-corrected chi connectivity index (χ4v) is 2.40. The first kappa shape index (κ1) is 16.4. The summed E-state index contributed by atoms with van der Waals surface area (Å²) >= 11 is 0. The number of hydrogen-bond acceptors (Lipinski definition) is 5. The molecule has 1 aromatic heterocycles. The molecule has 1 saturated heterocycles. The zero-order chi connectivity index (χ0) is 16.2. The Morgan fingerprint density at radius 1 is 1.32 bits per heavy atom. The third kappa shape index (κ3) is 4.26. The average Bonchev–Trinajstić information content (AvgIpc) is 2.47. The highest BCUT2D eigenvalue weighted by molar-refractivity contribution is 5.69. The van der Waals surface area contributed by atoms with Crippen molar-refractivity contribution in [2.75, 3.05) is 42.9 Å². The van der Waals surface area contributed by atoms with Crippen LogP contribution in [0.25, 0.3) is 0 Å². The van der Waals surface area contributed by atoms with Crippen LogP contribution in [0.4, 0.5) is 16.3 Å². The van der Waals surface area contributed by atoms with Gasteiger partial charge in [-0.15, -0.1) is 0 Å². The van der Waals surface area contributed by atoms with Gasteiger partial charge in [-0.25, -0.2) is 9.78 Å². The van der Waals surface area contributed by atoms with Crippen LogP contribution in [-0.2, 0) is 4.74 Å². The van der Waals surface area contributed by atoms with Crippen molar-refractivity contribution in [2.24, 2.45) is 0 Å². The van der Waals surface area contributed by atoms with Crippen molar-refractivity contribution in [3.05, 3.63) is 18.3 Å². The molecule has 0 bridgehead atoms. The van der Waals surface area contributed by atoms with Gasteiger partial charge in [0, 0.05) is 38.9 Å². The molecule has 1 amide bonds. The second kappa shape index (κ2) is 6.85. The van der Waals surface area contributed by atoms with Crippen LogP contribution >= 0.6 is 0 Å². The van der Waals surface area contributed by atoms with Gasteiger partial charge in [0.25, 0.3) is 0 Å². The number of anilines is 2. The molecule has 22 heavy (non-hydrogen) atoms. The minimum Gasteiger partial charge on any atom is -0.444 e. The van der Waals surface area contributed by atoms with Crippen molar-refractivity contribution in [1.82, 2.24) is 9.88 Å². The lowest BCUT2D eigenvalue weighted by atomic mass is 10.2. The van der Waals surface area contributed by atoms with Crippen molar-refractivity contribution < 1.29 is 9.53 Å². The Labute approximate surface area is 132 Å². The number of amides is 1. The monoisotopic (exact) mass is 306 g/mol. The van der Waals surface area contributed by atoms with Gasteiger partial charge in [-0.1, -0.05) is 0 Å². The molecule has 2 heterocycles. The van der Waals surface area contributed by atoms with Gasteiger partial charge in [-0.3, -0.25) is 0 Å². The molecule has 6 heteroatoms. The van der Waals surface area contributed by atoms with E-state index in [1.165, 1.54) is 0 Å². The summed E-state index contributed by atoms with van der Waals surface area (Å²) in [6.07, 6.45) is 1.57. The molecule has 0 radical (unpaired) electrons. The quantitative estimate of drug-likeness (QED) is 0.930. The lowest BCUT2D eigenvalue weighted by Gasteiger charge is -2.36. The number of piperazine rings is 1. The SMILES string of the molecule is CCNc1cccnc1N1CCN(C(=O)OC(C)(C)C)CC1. The molecule has 1 aliphatic heterocycles. The first-order valence-corrected chi connectivity index (χ1v) is 7.82. The molecule has 1 N–H and O–H groups in total. The van der Waals surface area contributed by atoms with Gasteiger partial charge < -0.3 is 19.9 Å². The molecule has 0 unspecified atom stereocenters. The van der Waals surface area contributed by atoms with Gasteiger partial charge in [0.2, 0.25) is 0 Å². The molecule has 1 aromatic rings. The van der Waals surface area contributed by atoms with E-state index in [0.717, 1.165) is 31.1 Å². The lowest BCUT2D eigenvalue weighted by Crippen LogP contribution is -2.50. The number of pyridine rings is 1. The second-order valence-corrected chi connectivity index (χ2v) is 6.36. The zero-order valence-electron chi connectivity index (χ0n) is 13.9. The van der Waals surface area contributed by atoms with Gasteiger partial charge >= 0.3 is 6.09 Å². The van der Waals surface area contributed by atoms with E-state index in [-0.39, 0.29) is 6.09 Å². The Morgan fingerprint density at radius 2 is 2.00 bits per heavy atom. The molecule has 0 saturated carbocycles. The second-order valence-electron chi connectivity index (χ2n) is 6.36. The summed E-state index contributed by atoms with van der Waals surface area (Å²) in [6.45, 7) is 11.4. The molecular formula is C16H26N4O2. The van der Waals surface area contributed by atoms with E-state index in [1.54, 1.807) is 11.1 Å². The Kier molecular flexibility index (Phi) is 5.11. The van der Waals surface area contributed by atoms with Crippen LogP contribution in [0.2, 0.25) is 0 Å². The van der Waals surface area contributed by atoms with E-state index < -0.39 is 5.60 Å². The van der Waals surface area contributed by atoms with Crippen LogP contribution in [0.5, 0.6) is 0 Å². The normalized spacial score (nSPS) is 15.6. The highest BCUT2D eigenvalue weighted by Crippen LogP contribution is 2.24. The molecule has 6 nitrogen and oxygen atoms in total. The maximum atomic E-state index is 12.1. The highest BCUT2D eigenvalue weighted by Gasteiger charge is 2.26. The van der Waals surface area contributed by atoms with E-state index in [2.05, 4.69) is 22.1 Å². The maximum absolute atomic E-state index is 12.1. The topological polar surface area (TPSA) is 57.7 Å². The number of carbonyl (C=O) groups is 1. The molecule has 1 aliphatic rings. The number of nitrogens with zero attached hydrogens (tertiary/aromatic N) is 3. The fourth-order valence-electron chi connectivity index (χ4n) is 2.40. The summed E-state index contributed by atoms with van der Waals surface area (Å²) < 4.78 is 5.42. The van der Waals surface area contributed by atoms with E-state index in [0.29, 0.717) is 13.1 Å². The molecule has 2 rings (SSSR count). The van der Waals surface area contributed by atoms with Crippen LogP contribution in [0, 0.1) is 0 Å². The molecule has 0 aromatic carbocycles. The number of carbonyl (C=O) groups excluding carboxylic acids is 1. The van der Waals surface area contributed by atoms with Crippen molar-refractivity contribution in [3.8, 4) is 0 Å². The molecular weight excluding hydrogens is 280 g/mol. The standard InChI is InChI=1S/C16H26N4O2/c1-5-17-13-7-6-8-18-14(13)19-9-11-20(12-10-19)15(21)22-16(2,3)4/h6-8,17H,5,9-12H2,1-4H3. The van der Waals surface area contributed by atoms with Crippen LogP contribution in [0.1, 0.15) is 27.7 Å². The molecule has 0 aliphatic carbocycles. The summed E-state index contributed by atoms with van der Waals surface area (Å²) in [5, 5.41) is 3.33. The summed E-state index contributed by atoms with van der Waals surface area (Å²) in [5.74, 6) is 0.952. The number of nitrogens with one attached hydrogen (secondary N) is 1. The van der Waals surface area contributed by atoms with Crippen molar-refractivity contribution in [2.45, 2.75) is 33.3 Å². The van der Waals surface area contributed by atoms with E-state index >= 15 is 0 Å². The predicted octanol–water partition coefficient (Wildman–Crippen LogP) is 2.57. The van der Waals surface area contributed by atoms with Gasteiger partial charge in [0.15, 0.2) is 5.82 Å². The van der Waals surface area contributed by atoms with Crippen LogP contribution < -0.4 is 10.2 Å². The summed E-state index contributed by atoms with van der Waals surface area (Å²) in [5.41, 5.74) is 0.587. The minimum absolute atomic E-state index is 0.236. The minimum atomic E-state index is -0.451. The van der Waals surface area contributed by atoms with E-state index in [4.69, 9.17) is 4.74 Å². The fraction of sp³-hybridized carbons (Fsp3) is 0.625. The third-order valence-electron chi connectivity index (χ3n) is 3.38. The van der Waals surface area contributed by atoms with Crippen LogP contribution in [-0.4, -0.2) is 54.3 Å².